The number of ether oxygens (including phenoxy) is 2. The molecule has 0 aliphatic carbocycles. The van der Waals surface area contributed by atoms with E-state index in [0.717, 1.165) is 24.3 Å². The van der Waals surface area contributed by atoms with Gasteiger partial charge in [0.2, 0.25) is 0 Å². The molecule has 19 heavy (non-hydrogen) atoms. The summed E-state index contributed by atoms with van der Waals surface area (Å²) in [4.78, 5) is 13.5. The Balaban J connectivity index is 2.32. The van der Waals surface area contributed by atoms with Crippen LogP contribution in [0.1, 0.15) is 12.0 Å². The molecule has 4 heteroatoms. The van der Waals surface area contributed by atoms with Crippen molar-refractivity contribution >= 4 is 12.0 Å². The van der Waals surface area contributed by atoms with E-state index in [1.165, 1.54) is 6.08 Å². The van der Waals surface area contributed by atoms with E-state index in [1.807, 2.05) is 38.4 Å². The highest BCUT2D eigenvalue weighted by molar-refractivity contribution is 5.87. The molecule has 0 unspecified atom stereocenters. The summed E-state index contributed by atoms with van der Waals surface area (Å²) in [6.07, 6.45) is 4.01. The van der Waals surface area contributed by atoms with Crippen molar-refractivity contribution in [3.05, 3.63) is 35.9 Å². The molecule has 0 aromatic heterocycles. The van der Waals surface area contributed by atoms with Crippen LogP contribution in [0.25, 0.3) is 6.08 Å². The Morgan fingerprint density at radius 1 is 1.26 bits per heavy atom. The molecule has 0 N–H and O–H groups in total. The predicted octanol–water partition coefficient (Wildman–Crippen LogP) is 2.20. The Morgan fingerprint density at radius 2 is 1.95 bits per heavy atom. The van der Waals surface area contributed by atoms with Crippen molar-refractivity contribution in [3.63, 3.8) is 0 Å². The van der Waals surface area contributed by atoms with Gasteiger partial charge in [0, 0.05) is 12.6 Å². The molecule has 0 saturated heterocycles. The number of carbonyl (C=O) groups is 1. The lowest BCUT2D eigenvalue weighted by molar-refractivity contribution is -0.137. The van der Waals surface area contributed by atoms with Gasteiger partial charge in [-0.1, -0.05) is 12.1 Å². The standard InChI is InChI=1S/C15H21NO3/c1-16(2)11-4-12-19-15(17)10-7-13-5-8-14(18-3)9-6-13/h5-10H,4,11-12H2,1-3H3/b10-7+. The van der Waals surface area contributed by atoms with Crippen LogP contribution in [0.15, 0.2) is 30.3 Å². The molecule has 0 aliphatic heterocycles. The van der Waals surface area contributed by atoms with Gasteiger partial charge in [0.15, 0.2) is 0 Å². The summed E-state index contributed by atoms with van der Waals surface area (Å²) in [5.41, 5.74) is 0.936. The first kappa shape index (κ1) is 15.2. The lowest BCUT2D eigenvalue weighted by Crippen LogP contribution is -2.15. The molecule has 0 bridgehead atoms. The maximum Gasteiger partial charge on any atom is 0.330 e. The van der Waals surface area contributed by atoms with E-state index in [-0.39, 0.29) is 5.97 Å². The smallest absolute Gasteiger partial charge is 0.330 e. The number of carbonyl (C=O) groups excluding carboxylic acids is 1. The van der Waals surface area contributed by atoms with Crippen molar-refractivity contribution in [2.24, 2.45) is 0 Å². The molecule has 0 spiro atoms. The van der Waals surface area contributed by atoms with Gasteiger partial charge in [-0.3, -0.25) is 0 Å². The third kappa shape index (κ3) is 6.62. The minimum Gasteiger partial charge on any atom is -0.497 e. The van der Waals surface area contributed by atoms with Crippen LogP contribution in [0.4, 0.5) is 0 Å². The summed E-state index contributed by atoms with van der Waals surface area (Å²) in [5, 5.41) is 0. The summed E-state index contributed by atoms with van der Waals surface area (Å²) in [5.74, 6) is 0.484. The number of rotatable bonds is 7. The minimum atomic E-state index is -0.311. The van der Waals surface area contributed by atoms with Crippen LogP contribution >= 0.6 is 0 Å². The molecular formula is C15H21NO3. The third-order valence-electron chi connectivity index (χ3n) is 2.52. The molecule has 0 amide bonds. The normalized spacial score (nSPS) is 10.9. The Labute approximate surface area is 114 Å². The van der Waals surface area contributed by atoms with E-state index in [0.29, 0.717) is 6.61 Å². The van der Waals surface area contributed by atoms with Gasteiger partial charge < -0.3 is 14.4 Å². The quantitative estimate of drug-likeness (QED) is 0.429. The Bertz CT molecular complexity index is 410. The minimum absolute atomic E-state index is 0.311. The molecule has 0 fully saturated rings. The maximum atomic E-state index is 11.4. The third-order valence-corrected chi connectivity index (χ3v) is 2.52. The summed E-state index contributed by atoms with van der Waals surface area (Å²) < 4.78 is 10.1. The number of hydrogen-bond acceptors (Lipinski definition) is 4. The van der Waals surface area contributed by atoms with Gasteiger partial charge in [-0.05, 0) is 44.3 Å². The van der Waals surface area contributed by atoms with Gasteiger partial charge in [-0.2, -0.15) is 0 Å². The fourth-order valence-electron chi connectivity index (χ4n) is 1.48. The van der Waals surface area contributed by atoms with Gasteiger partial charge >= 0.3 is 5.97 Å². The second-order valence-electron chi connectivity index (χ2n) is 4.43. The van der Waals surface area contributed by atoms with Crippen molar-refractivity contribution in [1.82, 2.24) is 4.90 Å². The van der Waals surface area contributed by atoms with Gasteiger partial charge in [-0.15, -0.1) is 0 Å². The van der Waals surface area contributed by atoms with Crippen molar-refractivity contribution in [3.8, 4) is 5.75 Å². The number of benzene rings is 1. The lowest BCUT2D eigenvalue weighted by Gasteiger charge is -2.08. The fraction of sp³-hybridized carbons (Fsp3) is 0.400. The highest BCUT2D eigenvalue weighted by atomic mass is 16.5. The number of methoxy groups -OCH3 is 1. The first-order valence-electron chi connectivity index (χ1n) is 6.25. The topological polar surface area (TPSA) is 38.8 Å². The summed E-state index contributed by atoms with van der Waals surface area (Å²) in [7, 11) is 5.60. The van der Waals surface area contributed by atoms with Crippen molar-refractivity contribution < 1.29 is 14.3 Å². The van der Waals surface area contributed by atoms with Gasteiger partial charge in [0.05, 0.1) is 13.7 Å². The summed E-state index contributed by atoms with van der Waals surface area (Å²) in [6, 6.07) is 7.47. The summed E-state index contributed by atoms with van der Waals surface area (Å²) >= 11 is 0. The maximum absolute atomic E-state index is 11.4. The van der Waals surface area contributed by atoms with Gasteiger partial charge in [-0.25, -0.2) is 4.79 Å². The monoisotopic (exact) mass is 263 g/mol. The van der Waals surface area contributed by atoms with Crippen LogP contribution in [-0.4, -0.2) is 45.2 Å². The zero-order valence-corrected chi connectivity index (χ0v) is 11.8. The van der Waals surface area contributed by atoms with Crippen molar-refractivity contribution in [2.75, 3.05) is 34.4 Å². The first-order chi connectivity index (χ1) is 9.11. The zero-order chi connectivity index (χ0) is 14.1. The molecule has 4 nitrogen and oxygen atoms in total. The van der Waals surface area contributed by atoms with E-state index in [4.69, 9.17) is 9.47 Å². The zero-order valence-electron chi connectivity index (χ0n) is 11.8. The van der Waals surface area contributed by atoms with E-state index in [1.54, 1.807) is 13.2 Å². The molecule has 0 atom stereocenters. The molecule has 1 aromatic carbocycles. The largest absolute Gasteiger partial charge is 0.497 e. The highest BCUT2D eigenvalue weighted by Gasteiger charge is 1.98. The first-order valence-corrected chi connectivity index (χ1v) is 6.25. The molecular weight excluding hydrogens is 242 g/mol. The van der Waals surface area contributed by atoms with Crippen LogP contribution in [0.3, 0.4) is 0 Å². The Hall–Kier alpha value is -1.81. The second kappa shape index (κ2) is 8.32. The number of esters is 1. The SMILES string of the molecule is COc1ccc(/C=C/C(=O)OCCCN(C)C)cc1. The lowest BCUT2D eigenvalue weighted by atomic mass is 10.2. The molecule has 0 radical (unpaired) electrons. The molecule has 0 saturated carbocycles. The predicted molar refractivity (Wildman–Crippen MR) is 76.2 cm³/mol. The average Bonchev–Trinajstić information content (AvgIpc) is 2.41. The number of hydrogen-bond donors (Lipinski definition) is 0. The molecule has 1 aromatic rings. The number of nitrogens with zero attached hydrogens (tertiary/aromatic N) is 1. The second-order valence-corrected chi connectivity index (χ2v) is 4.43. The van der Waals surface area contributed by atoms with Crippen LogP contribution in [0.2, 0.25) is 0 Å². The van der Waals surface area contributed by atoms with Gasteiger partial charge in [0.25, 0.3) is 0 Å². The molecule has 104 valence electrons. The van der Waals surface area contributed by atoms with Crippen LogP contribution in [0, 0.1) is 0 Å². The van der Waals surface area contributed by atoms with Gasteiger partial charge in [0.1, 0.15) is 5.75 Å². The molecule has 0 aliphatic rings. The van der Waals surface area contributed by atoms with E-state index < -0.39 is 0 Å². The fourth-order valence-corrected chi connectivity index (χ4v) is 1.48. The van der Waals surface area contributed by atoms with E-state index in [9.17, 15) is 4.79 Å². The molecule has 1 rings (SSSR count). The van der Waals surface area contributed by atoms with E-state index >= 15 is 0 Å². The van der Waals surface area contributed by atoms with Crippen molar-refractivity contribution in [2.45, 2.75) is 6.42 Å². The summed E-state index contributed by atoms with van der Waals surface area (Å²) in [6.45, 7) is 1.36. The van der Waals surface area contributed by atoms with Crippen LogP contribution < -0.4 is 4.74 Å². The average molecular weight is 263 g/mol. The Kier molecular flexibility index (Phi) is 6.68. The van der Waals surface area contributed by atoms with Crippen LogP contribution in [0.5, 0.6) is 5.75 Å². The highest BCUT2D eigenvalue weighted by Crippen LogP contribution is 2.12. The molecule has 0 heterocycles. The van der Waals surface area contributed by atoms with Crippen LogP contribution in [-0.2, 0) is 9.53 Å². The van der Waals surface area contributed by atoms with E-state index in [2.05, 4.69) is 4.90 Å². The van der Waals surface area contributed by atoms with Crippen molar-refractivity contribution in [1.29, 1.82) is 0 Å². The Morgan fingerprint density at radius 3 is 2.53 bits per heavy atom.